The van der Waals surface area contributed by atoms with Gasteiger partial charge in [-0.15, -0.1) is 0 Å². The molecule has 2 aliphatic rings. The van der Waals surface area contributed by atoms with Crippen LogP contribution in [0.3, 0.4) is 0 Å². The van der Waals surface area contributed by atoms with Crippen LogP contribution in [0.25, 0.3) is 0 Å². The third kappa shape index (κ3) is 4.13. The maximum Gasteiger partial charge on any atom is 0.417 e. The topological polar surface area (TPSA) is 40.6 Å². The number of benzene rings is 1. The summed E-state index contributed by atoms with van der Waals surface area (Å²) in [7, 11) is -4.01. The van der Waals surface area contributed by atoms with Gasteiger partial charge >= 0.3 is 6.18 Å². The van der Waals surface area contributed by atoms with Gasteiger partial charge in [0.05, 0.1) is 15.5 Å². The van der Waals surface area contributed by atoms with Crippen molar-refractivity contribution in [1.82, 2.24) is 9.21 Å². The standard InChI is InChI=1S/C18H24ClF3N2O2S/c1-12-5-6-13(2)24(12)14-4-3-9-23(11-14)27(25,26)15-7-8-17(19)16(10-15)18(20,21)22/h7-8,10,12-14H,3-6,9,11H2,1-2H3/t12-,13-,14-/m1/s1. The maximum absolute atomic E-state index is 13.1. The van der Waals surface area contributed by atoms with E-state index >= 15 is 0 Å². The van der Waals surface area contributed by atoms with E-state index in [0.29, 0.717) is 37.7 Å². The van der Waals surface area contributed by atoms with Gasteiger partial charge in [-0.2, -0.15) is 17.5 Å². The summed E-state index contributed by atoms with van der Waals surface area (Å²) in [5, 5.41) is -0.502. The van der Waals surface area contributed by atoms with Crippen molar-refractivity contribution in [3.05, 3.63) is 28.8 Å². The number of nitrogens with zero attached hydrogens (tertiary/aromatic N) is 2. The van der Waals surface area contributed by atoms with E-state index in [-0.39, 0.29) is 10.9 Å². The highest BCUT2D eigenvalue weighted by Crippen LogP contribution is 2.37. The van der Waals surface area contributed by atoms with Crippen LogP contribution in [-0.2, 0) is 16.2 Å². The zero-order valence-corrected chi connectivity index (χ0v) is 16.9. The molecule has 1 aromatic rings. The van der Waals surface area contributed by atoms with Crippen LogP contribution in [0.2, 0.25) is 5.02 Å². The molecule has 0 unspecified atom stereocenters. The zero-order chi connectivity index (χ0) is 20.0. The smallest absolute Gasteiger partial charge is 0.294 e. The van der Waals surface area contributed by atoms with Crippen LogP contribution in [0.15, 0.2) is 23.1 Å². The average molecular weight is 425 g/mol. The molecule has 0 aliphatic carbocycles. The molecule has 0 bridgehead atoms. The van der Waals surface area contributed by atoms with E-state index in [4.69, 9.17) is 11.6 Å². The molecule has 2 aliphatic heterocycles. The minimum atomic E-state index is -4.70. The SMILES string of the molecule is C[C@@H]1CC[C@@H](C)N1[C@@H]1CCCN(S(=O)(=O)c2ccc(Cl)c(C(F)(F)F)c2)C1. The first-order chi connectivity index (χ1) is 12.5. The summed E-state index contributed by atoms with van der Waals surface area (Å²) in [6.45, 7) is 4.91. The van der Waals surface area contributed by atoms with Gasteiger partial charge < -0.3 is 0 Å². The van der Waals surface area contributed by atoms with E-state index in [0.717, 1.165) is 31.4 Å². The number of rotatable bonds is 3. The Hall–Kier alpha value is -0.830. The highest BCUT2D eigenvalue weighted by molar-refractivity contribution is 7.89. The van der Waals surface area contributed by atoms with Gasteiger partial charge in [0.15, 0.2) is 0 Å². The molecule has 0 N–H and O–H groups in total. The van der Waals surface area contributed by atoms with Crippen LogP contribution >= 0.6 is 11.6 Å². The Bertz CT molecular complexity index is 790. The maximum atomic E-state index is 13.1. The van der Waals surface area contributed by atoms with Gasteiger partial charge in [0.2, 0.25) is 10.0 Å². The molecule has 2 heterocycles. The second-order valence-electron chi connectivity index (χ2n) is 7.52. The Balaban J connectivity index is 1.87. The van der Waals surface area contributed by atoms with E-state index in [1.54, 1.807) is 0 Å². The quantitative estimate of drug-likeness (QED) is 0.722. The predicted octanol–water partition coefficient (Wildman–Crippen LogP) is 4.38. The normalized spacial score (nSPS) is 28.6. The molecule has 2 saturated heterocycles. The third-order valence-electron chi connectivity index (χ3n) is 5.68. The van der Waals surface area contributed by atoms with Gasteiger partial charge in [0, 0.05) is 31.2 Å². The van der Waals surface area contributed by atoms with Crippen molar-refractivity contribution < 1.29 is 21.6 Å². The number of likely N-dealkylation sites (tertiary alicyclic amines) is 1. The Morgan fingerprint density at radius 3 is 2.33 bits per heavy atom. The highest BCUT2D eigenvalue weighted by Gasteiger charge is 2.40. The molecular formula is C18H24ClF3N2O2S. The molecule has 1 aromatic carbocycles. The summed E-state index contributed by atoms with van der Waals surface area (Å²) >= 11 is 5.62. The Labute approximate surface area is 163 Å². The highest BCUT2D eigenvalue weighted by atomic mass is 35.5. The molecule has 2 fully saturated rings. The largest absolute Gasteiger partial charge is 0.417 e. The van der Waals surface area contributed by atoms with Crippen molar-refractivity contribution in [3.8, 4) is 0 Å². The van der Waals surface area contributed by atoms with Gasteiger partial charge in [0.25, 0.3) is 0 Å². The van der Waals surface area contributed by atoms with Crippen LogP contribution in [0, 0.1) is 0 Å². The number of halogens is 4. The first kappa shape index (κ1) is 20.9. The van der Waals surface area contributed by atoms with Gasteiger partial charge in [-0.05, 0) is 57.7 Å². The fourth-order valence-corrected chi connectivity index (χ4v) is 6.12. The third-order valence-corrected chi connectivity index (χ3v) is 7.87. The van der Waals surface area contributed by atoms with Gasteiger partial charge in [0.1, 0.15) is 0 Å². The molecular weight excluding hydrogens is 401 g/mol. The molecule has 3 rings (SSSR count). The second kappa shape index (κ2) is 7.54. The van der Waals surface area contributed by atoms with Crippen LogP contribution in [0.5, 0.6) is 0 Å². The minimum absolute atomic E-state index is 0.0930. The molecule has 0 aromatic heterocycles. The van der Waals surface area contributed by atoms with Crippen molar-refractivity contribution in [1.29, 1.82) is 0 Å². The fourth-order valence-electron chi connectivity index (χ4n) is 4.35. The summed E-state index contributed by atoms with van der Waals surface area (Å²) < 4.78 is 66.7. The molecule has 9 heteroatoms. The number of hydrogen-bond donors (Lipinski definition) is 0. The predicted molar refractivity (Wildman–Crippen MR) is 98.2 cm³/mol. The Morgan fingerprint density at radius 2 is 1.74 bits per heavy atom. The van der Waals surface area contributed by atoms with E-state index in [1.165, 1.54) is 4.31 Å². The van der Waals surface area contributed by atoms with Crippen molar-refractivity contribution in [2.24, 2.45) is 0 Å². The Morgan fingerprint density at radius 1 is 1.11 bits per heavy atom. The van der Waals surface area contributed by atoms with E-state index in [1.807, 2.05) is 0 Å². The van der Waals surface area contributed by atoms with Gasteiger partial charge in [-0.1, -0.05) is 11.6 Å². The Kier molecular flexibility index (Phi) is 5.83. The number of alkyl halides is 3. The first-order valence-electron chi connectivity index (χ1n) is 9.16. The van der Waals surface area contributed by atoms with Crippen molar-refractivity contribution in [2.45, 2.75) is 68.7 Å². The van der Waals surface area contributed by atoms with Crippen molar-refractivity contribution in [2.75, 3.05) is 13.1 Å². The fraction of sp³-hybridized carbons (Fsp3) is 0.667. The molecule has 27 heavy (non-hydrogen) atoms. The molecule has 0 saturated carbocycles. The van der Waals surface area contributed by atoms with E-state index in [2.05, 4.69) is 18.7 Å². The summed E-state index contributed by atoms with van der Waals surface area (Å²) in [4.78, 5) is 2.01. The van der Waals surface area contributed by atoms with E-state index in [9.17, 15) is 21.6 Å². The van der Waals surface area contributed by atoms with Crippen LogP contribution < -0.4 is 0 Å². The summed E-state index contributed by atoms with van der Waals surface area (Å²) in [5.74, 6) is 0. The lowest BCUT2D eigenvalue weighted by molar-refractivity contribution is -0.137. The molecule has 4 nitrogen and oxygen atoms in total. The summed E-state index contributed by atoms with van der Waals surface area (Å²) in [5.41, 5.74) is -1.12. The molecule has 152 valence electrons. The van der Waals surface area contributed by atoms with E-state index < -0.39 is 26.8 Å². The van der Waals surface area contributed by atoms with Crippen molar-refractivity contribution >= 4 is 21.6 Å². The van der Waals surface area contributed by atoms with Gasteiger partial charge in [-0.25, -0.2) is 8.42 Å². The lowest BCUT2D eigenvalue weighted by Crippen LogP contribution is -2.52. The molecule has 0 amide bonds. The van der Waals surface area contributed by atoms with Gasteiger partial charge in [-0.3, -0.25) is 4.90 Å². The summed E-state index contributed by atoms with van der Waals surface area (Å²) in [6, 6.07) is 3.67. The molecule has 0 radical (unpaired) electrons. The number of piperidine rings is 1. The molecule has 3 atom stereocenters. The second-order valence-corrected chi connectivity index (χ2v) is 9.87. The van der Waals surface area contributed by atoms with Crippen LogP contribution in [0.1, 0.15) is 45.1 Å². The lowest BCUT2D eigenvalue weighted by Gasteiger charge is -2.41. The average Bonchev–Trinajstić information content (AvgIpc) is 2.92. The molecule has 0 spiro atoms. The monoisotopic (exact) mass is 424 g/mol. The van der Waals surface area contributed by atoms with Crippen LogP contribution in [0.4, 0.5) is 13.2 Å². The summed E-state index contributed by atoms with van der Waals surface area (Å²) in [6.07, 6.45) is -0.949. The zero-order valence-electron chi connectivity index (χ0n) is 15.3. The number of sulfonamides is 1. The van der Waals surface area contributed by atoms with Crippen LogP contribution in [-0.4, -0.2) is 48.8 Å². The first-order valence-corrected chi connectivity index (χ1v) is 11.0. The number of hydrogen-bond acceptors (Lipinski definition) is 3. The van der Waals surface area contributed by atoms with Crippen molar-refractivity contribution in [3.63, 3.8) is 0 Å². The lowest BCUT2D eigenvalue weighted by atomic mass is 10.0. The minimum Gasteiger partial charge on any atom is -0.294 e.